The van der Waals surface area contributed by atoms with E-state index in [1.54, 1.807) is 7.05 Å². The van der Waals surface area contributed by atoms with E-state index in [0.29, 0.717) is 5.82 Å². The topological polar surface area (TPSA) is 88.8 Å². The van der Waals surface area contributed by atoms with Gasteiger partial charge in [0, 0.05) is 18.7 Å². The van der Waals surface area contributed by atoms with Crippen LogP contribution in [0.4, 0.5) is 5.82 Å². The predicted molar refractivity (Wildman–Crippen MR) is 122 cm³/mol. The molecule has 0 unspecified atom stereocenters. The van der Waals surface area contributed by atoms with Crippen LogP contribution in [0, 0.1) is 13.8 Å². The Morgan fingerprint density at radius 2 is 1.97 bits per heavy atom. The number of tetrazole rings is 1. The number of nitrogens with zero attached hydrogens (tertiary/aromatic N) is 6. The number of carbonyl (C=O) groups excluding carboxylic acids is 1. The van der Waals surface area contributed by atoms with Crippen LogP contribution < -0.4 is 5.32 Å². The molecule has 8 nitrogen and oxygen atoms in total. The second-order valence-corrected chi connectivity index (χ2v) is 9.28. The standard InChI is InChI=1S/C24H29N7O/c1-15-5-7-18(8-6-15)16(2)23(32)31-12-11-24(14-31)10-9-19-13-20(17(3)25-21(19)26-24)22-27-29-30(4)28-22/h5-8,13,16H,9-12,14H2,1-4H3,(H,25,26)/t16-,24-/m0/s1. The molecule has 2 atom stereocenters. The van der Waals surface area contributed by atoms with Crippen LogP contribution in [-0.2, 0) is 18.3 Å². The Bertz CT molecular complexity index is 1170. The summed E-state index contributed by atoms with van der Waals surface area (Å²) in [4.78, 5) is 21.6. The quantitative estimate of drug-likeness (QED) is 0.686. The lowest BCUT2D eigenvalue weighted by Gasteiger charge is -2.36. The molecule has 2 aliphatic heterocycles. The maximum absolute atomic E-state index is 13.2. The Labute approximate surface area is 188 Å². The molecule has 3 aromatic rings. The molecule has 8 heteroatoms. The zero-order chi connectivity index (χ0) is 22.5. The Hall–Kier alpha value is -3.29. The molecule has 1 aromatic carbocycles. The van der Waals surface area contributed by atoms with Crippen molar-refractivity contribution in [3.8, 4) is 11.4 Å². The van der Waals surface area contributed by atoms with Crippen LogP contribution in [0.2, 0.25) is 0 Å². The molecule has 0 bridgehead atoms. The Kier molecular flexibility index (Phi) is 4.95. The number of nitrogens with one attached hydrogen (secondary N) is 1. The van der Waals surface area contributed by atoms with Crippen LogP contribution in [0.3, 0.4) is 0 Å². The van der Waals surface area contributed by atoms with E-state index in [0.717, 1.165) is 55.0 Å². The second kappa shape index (κ2) is 7.69. The summed E-state index contributed by atoms with van der Waals surface area (Å²) in [5.41, 5.74) is 5.14. The molecule has 0 radical (unpaired) electrons. The number of anilines is 1. The van der Waals surface area contributed by atoms with Crippen molar-refractivity contribution in [1.82, 2.24) is 30.1 Å². The second-order valence-electron chi connectivity index (χ2n) is 9.28. The van der Waals surface area contributed by atoms with Gasteiger partial charge in [-0.15, -0.1) is 10.2 Å². The van der Waals surface area contributed by atoms with Crippen LogP contribution in [0.15, 0.2) is 30.3 Å². The van der Waals surface area contributed by atoms with E-state index in [4.69, 9.17) is 4.98 Å². The number of hydrogen-bond acceptors (Lipinski definition) is 6. The van der Waals surface area contributed by atoms with Crippen molar-refractivity contribution < 1.29 is 4.79 Å². The van der Waals surface area contributed by atoms with Gasteiger partial charge in [0.15, 0.2) is 0 Å². The summed E-state index contributed by atoms with van der Waals surface area (Å²) in [5.74, 6) is 1.58. The van der Waals surface area contributed by atoms with Crippen LogP contribution in [-0.4, -0.2) is 54.6 Å². The minimum atomic E-state index is -0.135. The van der Waals surface area contributed by atoms with Crippen LogP contribution >= 0.6 is 0 Å². The van der Waals surface area contributed by atoms with Gasteiger partial charge in [0.25, 0.3) is 0 Å². The van der Waals surface area contributed by atoms with E-state index in [2.05, 4.69) is 58.0 Å². The van der Waals surface area contributed by atoms with Crippen molar-refractivity contribution in [1.29, 1.82) is 0 Å². The van der Waals surface area contributed by atoms with E-state index in [1.165, 1.54) is 15.9 Å². The molecule has 1 saturated heterocycles. The van der Waals surface area contributed by atoms with Crippen molar-refractivity contribution in [3.05, 3.63) is 52.7 Å². The lowest BCUT2D eigenvalue weighted by atomic mass is 9.86. The third-order valence-corrected chi connectivity index (χ3v) is 6.91. The van der Waals surface area contributed by atoms with E-state index in [1.807, 2.05) is 18.7 Å². The molecule has 1 fully saturated rings. The lowest BCUT2D eigenvalue weighted by molar-refractivity contribution is -0.131. The molecule has 0 aliphatic carbocycles. The molecule has 1 amide bonds. The van der Waals surface area contributed by atoms with Crippen LogP contribution in [0.25, 0.3) is 11.4 Å². The summed E-state index contributed by atoms with van der Waals surface area (Å²) in [6.07, 6.45) is 2.83. The largest absolute Gasteiger partial charge is 0.363 e. The number of likely N-dealkylation sites (tertiary alicyclic amines) is 1. The van der Waals surface area contributed by atoms with E-state index in [9.17, 15) is 4.79 Å². The molecular formula is C24H29N7O. The summed E-state index contributed by atoms with van der Waals surface area (Å²) < 4.78 is 0. The Morgan fingerprint density at radius 1 is 1.19 bits per heavy atom. The van der Waals surface area contributed by atoms with Gasteiger partial charge < -0.3 is 10.2 Å². The number of rotatable bonds is 3. The van der Waals surface area contributed by atoms with Crippen LogP contribution in [0.5, 0.6) is 0 Å². The van der Waals surface area contributed by atoms with Gasteiger partial charge in [-0.25, -0.2) is 4.98 Å². The van der Waals surface area contributed by atoms with Crippen LogP contribution in [0.1, 0.15) is 48.1 Å². The number of carbonyl (C=O) groups is 1. The van der Waals surface area contributed by atoms with Gasteiger partial charge in [0.05, 0.1) is 24.2 Å². The molecule has 166 valence electrons. The molecule has 0 saturated carbocycles. The molecular weight excluding hydrogens is 402 g/mol. The Balaban J connectivity index is 1.32. The van der Waals surface area contributed by atoms with Crippen molar-refractivity contribution >= 4 is 11.7 Å². The van der Waals surface area contributed by atoms with E-state index >= 15 is 0 Å². The first kappa shape index (κ1) is 20.6. The number of aryl methyl sites for hydroxylation is 4. The van der Waals surface area contributed by atoms with Gasteiger partial charge in [-0.3, -0.25) is 4.79 Å². The molecule has 2 aromatic heterocycles. The molecule has 4 heterocycles. The minimum absolute atomic E-state index is 0.110. The van der Waals surface area contributed by atoms with E-state index in [-0.39, 0.29) is 17.4 Å². The highest BCUT2D eigenvalue weighted by molar-refractivity contribution is 5.84. The smallest absolute Gasteiger partial charge is 0.229 e. The number of aromatic nitrogens is 5. The monoisotopic (exact) mass is 431 g/mol. The molecule has 32 heavy (non-hydrogen) atoms. The van der Waals surface area contributed by atoms with Gasteiger partial charge in [-0.05, 0) is 62.4 Å². The Morgan fingerprint density at radius 3 is 2.69 bits per heavy atom. The predicted octanol–water partition coefficient (Wildman–Crippen LogP) is 3.02. The fourth-order valence-corrected chi connectivity index (χ4v) is 4.89. The van der Waals surface area contributed by atoms with Gasteiger partial charge in [-0.1, -0.05) is 29.8 Å². The van der Waals surface area contributed by atoms with Crippen molar-refractivity contribution in [2.24, 2.45) is 7.05 Å². The van der Waals surface area contributed by atoms with Gasteiger partial charge in [0.1, 0.15) is 5.82 Å². The lowest BCUT2D eigenvalue weighted by Crippen LogP contribution is -2.46. The fourth-order valence-electron chi connectivity index (χ4n) is 4.89. The maximum Gasteiger partial charge on any atom is 0.229 e. The summed E-state index contributed by atoms with van der Waals surface area (Å²) in [7, 11) is 1.76. The summed E-state index contributed by atoms with van der Waals surface area (Å²) in [6, 6.07) is 10.4. The molecule has 1 spiro atoms. The van der Waals surface area contributed by atoms with Crippen molar-refractivity contribution in [3.63, 3.8) is 0 Å². The van der Waals surface area contributed by atoms with Gasteiger partial charge in [-0.2, -0.15) is 4.80 Å². The van der Waals surface area contributed by atoms with Crippen molar-refractivity contribution in [2.45, 2.75) is 51.5 Å². The third-order valence-electron chi connectivity index (χ3n) is 6.91. The minimum Gasteiger partial charge on any atom is -0.363 e. The average molecular weight is 432 g/mol. The number of pyridine rings is 1. The van der Waals surface area contributed by atoms with E-state index < -0.39 is 0 Å². The first-order valence-corrected chi connectivity index (χ1v) is 11.2. The first-order chi connectivity index (χ1) is 15.3. The summed E-state index contributed by atoms with van der Waals surface area (Å²) >= 11 is 0. The SMILES string of the molecule is Cc1ccc([C@H](C)C(=O)N2CC[C@@]3(CCc4cc(-c5nnn(C)n5)c(C)nc4N3)C2)cc1. The highest BCUT2D eigenvalue weighted by atomic mass is 16.2. The fraction of sp³-hybridized carbons (Fsp3) is 0.458. The number of fused-ring (bicyclic) bond motifs is 1. The normalized spacial score (nSPS) is 20.8. The number of amides is 1. The zero-order valence-electron chi connectivity index (χ0n) is 19.1. The highest BCUT2D eigenvalue weighted by Crippen LogP contribution is 2.38. The first-order valence-electron chi connectivity index (χ1n) is 11.2. The van der Waals surface area contributed by atoms with Gasteiger partial charge >= 0.3 is 0 Å². The molecule has 5 rings (SSSR count). The third kappa shape index (κ3) is 3.63. The number of benzene rings is 1. The molecule has 2 aliphatic rings. The maximum atomic E-state index is 13.2. The highest BCUT2D eigenvalue weighted by Gasteiger charge is 2.43. The molecule has 1 N–H and O–H groups in total. The zero-order valence-corrected chi connectivity index (χ0v) is 19.1. The number of hydrogen-bond donors (Lipinski definition) is 1. The summed E-state index contributed by atoms with van der Waals surface area (Å²) in [5, 5.41) is 16.1. The van der Waals surface area contributed by atoms with Gasteiger partial charge in [0.2, 0.25) is 11.7 Å². The average Bonchev–Trinajstić information content (AvgIpc) is 3.39. The van der Waals surface area contributed by atoms with Crippen molar-refractivity contribution in [2.75, 3.05) is 18.4 Å². The summed E-state index contributed by atoms with van der Waals surface area (Å²) in [6.45, 7) is 7.54.